The van der Waals surface area contributed by atoms with E-state index in [4.69, 9.17) is 0 Å². The van der Waals surface area contributed by atoms with E-state index in [0.717, 1.165) is 6.07 Å². The third-order valence-electron chi connectivity index (χ3n) is 2.90. The minimum Gasteiger partial charge on any atom is -0.508 e. The van der Waals surface area contributed by atoms with E-state index in [2.05, 4.69) is 15.1 Å². The van der Waals surface area contributed by atoms with Gasteiger partial charge < -0.3 is 10.1 Å². The highest BCUT2D eigenvalue weighted by molar-refractivity contribution is 5.63. The molecular formula is C14H11FN4O2. The smallest absolute Gasteiger partial charge is 0.251 e. The normalized spacial score (nSPS) is 10.8. The van der Waals surface area contributed by atoms with E-state index in [1.807, 2.05) is 0 Å². The standard InChI is InChI=1S/C14H11FN4O2/c1-19-7-9(6-16-19)12-5-13(21)18-14(17-12)8-2-10(15)4-11(20)3-8/h2-7,20H,1H3,(H,17,18,21). The Morgan fingerprint density at radius 2 is 2.05 bits per heavy atom. The minimum atomic E-state index is -0.612. The third-order valence-corrected chi connectivity index (χ3v) is 2.90. The molecule has 0 saturated heterocycles. The Morgan fingerprint density at radius 1 is 1.24 bits per heavy atom. The van der Waals surface area contributed by atoms with E-state index in [1.165, 1.54) is 18.2 Å². The molecular weight excluding hydrogens is 275 g/mol. The number of nitrogens with zero attached hydrogens (tertiary/aromatic N) is 3. The van der Waals surface area contributed by atoms with Crippen LogP contribution in [0.4, 0.5) is 4.39 Å². The van der Waals surface area contributed by atoms with Gasteiger partial charge in [-0.05, 0) is 12.1 Å². The highest BCUT2D eigenvalue weighted by Gasteiger charge is 2.09. The van der Waals surface area contributed by atoms with Gasteiger partial charge in [0.1, 0.15) is 17.4 Å². The summed E-state index contributed by atoms with van der Waals surface area (Å²) < 4.78 is 14.9. The number of aromatic hydroxyl groups is 1. The second-order valence-corrected chi connectivity index (χ2v) is 4.58. The zero-order valence-electron chi connectivity index (χ0n) is 11.0. The van der Waals surface area contributed by atoms with Crippen LogP contribution in [0.1, 0.15) is 0 Å². The van der Waals surface area contributed by atoms with Crippen molar-refractivity contribution in [1.82, 2.24) is 19.7 Å². The molecule has 0 fully saturated rings. The van der Waals surface area contributed by atoms with E-state index >= 15 is 0 Å². The Hall–Kier alpha value is -2.96. The third kappa shape index (κ3) is 2.66. The number of phenols is 1. The highest BCUT2D eigenvalue weighted by Crippen LogP contribution is 2.23. The maximum absolute atomic E-state index is 13.3. The van der Waals surface area contributed by atoms with Gasteiger partial charge in [0.05, 0.1) is 11.9 Å². The predicted octanol–water partition coefficient (Wildman–Crippen LogP) is 1.68. The van der Waals surface area contributed by atoms with Gasteiger partial charge in [0, 0.05) is 36.5 Å². The van der Waals surface area contributed by atoms with Gasteiger partial charge in [0.2, 0.25) is 0 Å². The molecule has 0 bridgehead atoms. The molecule has 0 atom stereocenters. The number of H-pyrrole nitrogens is 1. The van der Waals surface area contributed by atoms with Crippen LogP contribution < -0.4 is 5.56 Å². The predicted molar refractivity (Wildman–Crippen MR) is 74.1 cm³/mol. The zero-order chi connectivity index (χ0) is 15.0. The van der Waals surface area contributed by atoms with Crippen LogP contribution >= 0.6 is 0 Å². The Labute approximate surface area is 118 Å². The lowest BCUT2D eigenvalue weighted by Crippen LogP contribution is -2.08. The minimum absolute atomic E-state index is 0.177. The summed E-state index contributed by atoms with van der Waals surface area (Å²) in [6.07, 6.45) is 3.29. The molecule has 21 heavy (non-hydrogen) atoms. The molecule has 2 aromatic heterocycles. The summed E-state index contributed by atoms with van der Waals surface area (Å²) in [5.74, 6) is -0.671. The second kappa shape index (κ2) is 4.86. The van der Waals surface area contributed by atoms with Crippen LogP contribution in [0.5, 0.6) is 5.75 Å². The summed E-state index contributed by atoms with van der Waals surface area (Å²) in [4.78, 5) is 18.6. The molecule has 6 nitrogen and oxygen atoms in total. The van der Waals surface area contributed by atoms with Crippen molar-refractivity contribution in [1.29, 1.82) is 0 Å². The van der Waals surface area contributed by atoms with Crippen molar-refractivity contribution in [2.45, 2.75) is 0 Å². The maximum atomic E-state index is 13.3. The first-order valence-corrected chi connectivity index (χ1v) is 6.11. The van der Waals surface area contributed by atoms with Crippen molar-refractivity contribution in [2.75, 3.05) is 0 Å². The van der Waals surface area contributed by atoms with Crippen LogP contribution in [0.3, 0.4) is 0 Å². The van der Waals surface area contributed by atoms with E-state index in [0.29, 0.717) is 11.3 Å². The molecule has 2 N–H and O–H groups in total. The number of hydrogen-bond donors (Lipinski definition) is 2. The maximum Gasteiger partial charge on any atom is 0.251 e. The second-order valence-electron chi connectivity index (χ2n) is 4.58. The lowest BCUT2D eigenvalue weighted by Gasteiger charge is -2.04. The molecule has 1 aromatic carbocycles. The van der Waals surface area contributed by atoms with Gasteiger partial charge in [0.15, 0.2) is 0 Å². The van der Waals surface area contributed by atoms with Gasteiger partial charge in [-0.1, -0.05) is 0 Å². The molecule has 0 saturated carbocycles. The lowest BCUT2D eigenvalue weighted by atomic mass is 10.1. The molecule has 2 heterocycles. The van der Waals surface area contributed by atoms with Crippen molar-refractivity contribution >= 4 is 0 Å². The summed E-state index contributed by atoms with van der Waals surface area (Å²) in [5.41, 5.74) is 1.01. The van der Waals surface area contributed by atoms with Gasteiger partial charge in [-0.25, -0.2) is 9.37 Å². The number of halogens is 1. The number of nitrogens with one attached hydrogen (secondary N) is 1. The molecule has 0 amide bonds. The van der Waals surface area contributed by atoms with Crippen LogP contribution in [0.15, 0.2) is 41.5 Å². The van der Waals surface area contributed by atoms with Gasteiger partial charge in [-0.3, -0.25) is 9.48 Å². The number of aromatic nitrogens is 4. The largest absolute Gasteiger partial charge is 0.508 e. The van der Waals surface area contributed by atoms with Crippen LogP contribution in [0.2, 0.25) is 0 Å². The molecule has 0 unspecified atom stereocenters. The quantitative estimate of drug-likeness (QED) is 0.750. The topological polar surface area (TPSA) is 83.8 Å². The molecule has 0 spiro atoms. The fourth-order valence-electron chi connectivity index (χ4n) is 2.01. The summed E-state index contributed by atoms with van der Waals surface area (Å²) in [6.45, 7) is 0. The van der Waals surface area contributed by atoms with Gasteiger partial charge in [-0.2, -0.15) is 5.10 Å². The lowest BCUT2D eigenvalue weighted by molar-refractivity contribution is 0.469. The van der Waals surface area contributed by atoms with Crippen molar-refractivity contribution in [3.8, 4) is 28.4 Å². The van der Waals surface area contributed by atoms with Crippen LogP contribution in [-0.4, -0.2) is 24.9 Å². The summed E-state index contributed by atoms with van der Waals surface area (Å²) in [7, 11) is 1.75. The molecule has 0 aliphatic heterocycles. The Kier molecular flexibility index (Phi) is 3.02. The van der Waals surface area contributed by atoms with Crippen molar-refractivity contribution in [3.05, 3.63) is 52.8 Å². The SMILES string of the molecule is Cn1cc(-c2cc(=O)[nH]c(-c3cc(O)cc(F)c3)n2)cn1. The first-order valence-electron chi connectivity index (χ1n) is 6.11. The van der Waals surface area contributed by atoms with E-state index in [-0.39, 0.29) is 22.7 Å². The molecule has 3 aromatic rings. The Balaban J connectivity index is 2.15. The molecule has 0 aliphatic carbocycles. The average molecular weight is 286 g/mol. The van der Waals surface area contributed by atoms with Gasteiger partial charge in [0.25, 0.3) is 5.56 Å². The molecule has 0 aliphatic rings. The number of hydrogen-bond acceptors (Lipinski definition) is 4. The fraction of sp³-hybridized carbons (Fsp3) is 0.0714. The van der Waals surface area contributed by atoms with Crippen molar-refractivity contribution < 1.29 is 9.50 Å². The van der Waals surface area contributed by atoms with E-state index < -0.39 is 5.82 Å². The molecule has 106 valence electrons. The Bertz CT molecular complexity index is 849. The van der Waals surface area contributed by atoms with Crippen molar-refractivity contribution in [2.24, 2.45) is 7.05 Å². The van der Waals surface area contributed by atoms with Gasteiger partial charge in [-0.15, -0.1) is 0 Å². The summed E-state index contributed by atoms with van der Waals surface area (Å²) in [6, 6.07) is 4.83. The zero-order valence-corrected chi connectivity index (χ0v) is 11.0. The van der Waals surface area contributed by atoms with Crippen LogP contribution in [0.25, 0.3) is 22.6 Å². The monoisotopic (exact) mass is 286 g/mol. The number of phenolic OH excluding ortho intramolecular Hbond substituents is 1. The van der Waals surface area contributed by atoms with E-state index in [9.17, 15) is 14.3 Å². The molecule has 3 rings (SSSR count). The first-order chi connectivity index (χ1) is 10.0. The van der Waals surface area contributed by atoms with Crippen molar-refractivity contribution in [3.63, 3.8) is 0 Å². The van der Waals surface area contributed by atoms with Crippen LogP contribution in [0, 0.1) is 5.82 Å². The molecule has 7 heteroatoms. The highest BCUT2D eigenvalue weighted by atomic mass is 19.1. The number of rotatable bonds is 2. The summed E-state index contributed by atoms with van der Waals surface area (Å²) in [5, 5.41) is 13.5. The number of aromatic amines is 1. The Morgan fingerprint density at radius 3 is 2.71 bits per heavy atom. The number of benzene rings is 1. The van der Waals surface area contributed by atoms with E-state index in [1.54, 1.807) is 24.1 Å². The van der Waals surface area contributed by atoms with Gasteiger partial charge >= 0.3 is 0 Å². The summed E-state index contributed by atoms with van der Waals surface area (Å²) >= 11 is 0. The average Bonchev–Trinajstić information content (AvgIpc) is 2.83. The first kappa shape index (κ1) is 13.0. The number of aryl methyl sites for hydroxylation is 1. The molecule has 0 radical (unpaired) electrons. The fourth-order valence-corrected chi connectivity index (χ4v) is 2.01. The van der Waals surface area contributed by atoms with Crippen LogP contribution in [-0.2, 0) is 7.05 Å².